The van der Waals surface area contributed by atoms with Crippen LogP contribution in [-0.2, 0) is 30.3 Å². The molecule has 0 spiro atoms. The van der Waals surface area contributed by atoms with Gasteiger partial charge in [0, 0.05) is 30.1 Å². The number of para-hydroxylation sites is 1. The number of nitrogens with zero attached hydrogens (tertiary/aromatic N) is 1. The SMILES string of the molecule is CC[C@H](C)[C@H](NC(=O)[C@H](CCCN=C(N)N)NC(=O)[C@H](Cc1c[nH]c2ccccc12)NC(=O)OC(C)(C)C)C(=O)OC(C)(C)C. The number of esters is 1. The van der Waals surface area contributed by atoms with Crippen molar-refractivity contribution in [2.24, 2.45) is 22.4 Å². The van der Waals surface area contributed by atoms with Gasteiger partial charge in [-0.15, -0.1) is 0 Å². The molecule has 0 unspecified atom stereocenters. The molecule has 0 aliphatic rings. The summed E-state index contributed by atoms with van der Waals surface area (Å²) < 4.78 is 11.0. The summed E-state index contributed by atoms with van der Waals surface area (Å²) in [5.74, 6) is -2.09. The van der Waals surface area contributed by atoms with E-state index in [0.717, 1.165) is 16.5 Å². The molecule has 2 rings (SSSR count). The molecule has 250 valence electrons. The van der Waals surface area contributed by atoms with Gasteiger partial charge in [0.15, 0.2) is 5.96 Å². The fraction of sp³-hybridized carbons (Fsp3) is 0.594. The van der Waals surface area contributed by atoms with Crippen LogP contribution in [0, 0.1) is 5.92 Å². The number of fused-ring (bicyclic) bond motifs is 1. The number of H-pyrrole nitrogens is 1. The molecule has 0 bridgehead atoms. The Morgan fingerprint density at radius 3 is 2.13 bits per heavy atom. The monoisotopic (exact) mass is 629 g/mol. The van der Waals surface area contributed by atoms with E-state index in [9.17, 15) is 19.2 Å². The van der Waals surface area contributed by atoms with E-state index in [-0.39, 0.29) is 31.3 Å². The van der Waals surface area contributed by atoms with Crippen LogP contribution in [0.15, 0.2) is 35.5 Å². The predicted octanol–water partition coefficient (Wildman–Crippen LogP) is 3.01. The van der Waals surface area contributed by atoms with E-state index in [1.165, 1.54) is 0 Å². The molecule has 0 saturated heterocycles. The van der Waals surface area contributed by atoms with Crippen molar-refractivity contribution in [3.05, 3.63) is 36.0 Å². The van der Waals surface area contributed by atoms with Crippen molar-refractivity contribution >= 4 is 40.7 Å². The molecule has 1 aromatic carbocycles. The third kappa shape index (κ3) is 12.7. The first-order valence-electron chi connectivity index (χ1n) is 15.3. The lowest BCUT2D eigenvalue weighted by Gasteiger charge is -2.29. The first-order chi connectivity index (χ1) is 20.9. The minimum Gasteiger partial charge on any atom is -0.458 e. The summed E-state index contributed by atoms with van der Waals surface area (Å²) in [6.07, 6.45) is 2.21. The third-order valence-electron chi connectivity index (χ3n) is 6.86. The number of aromatic nitrogens is 1. The summed E-state index contributed by atoms with van der Waals surface area (Å²) in [7, 11) is 0. The maximum atomic E-state index is 13.8. The fourth-order valence-electron chi connectivity index (χ4n) is 4.51. The minimum atomic E-state index is -1.09. The Morgan fingerprint density at radius 1 is 0.911 bits per heavy atom. The standard InChI is InChI=1S/C32H51N7O6/c1-9-19(2)25(28(42)44-31(3,4)5)39-26(40)23(15-12-16-35-29(33)34)37-27(41)24(38-30(43)45-32(6,7)8)17-20-18-36-22-14-11-10-13-21(20)22/h10-11,13-14,18-19,23-25,36H,9,12,15-17H2,1-8H3,(H,37,41)(H,38,43)(H,39,40)(H4,33,34,35)/t19-,23-,24-,25-/m0/s1. The second-order valence-corrected chi connectivity index (χ2v) is 13.2. The van der Waals surface area contributed by atoms with E-state index < -0.39 is 53.2 Å². The summed E-state index contributed by atoms with van der Waals surface area (Å²) in [6, 6.07) is 4.47. The largest absolute Gasteiger partial charge is 0.458 e. The highest BCUT2D eigenvalue weighted by molar-refractivity contribution is 5.94. The number of ether oxygens (including phenoxy) is 2. The Morgan fingerprint density at radius 2 is 1.53 bits per heavy atom. The number of aromatic amines is 1. The molecule has 0 aliphatic carbocycles. The van der Waals surface area contributed by atoms with E-state index in [1.807, 2.05) is 38.1 Å². The van der Waals surface area contributed by atoms with Crippen LogP contribution in [0.4, 0.5) is 4.79 Å². The average Bonchev–Trinajstić information content (AvgIpc) is 3.32. The molecule has 0 aliphatic heterocycles. The minimum absolute atomic E-state index is 0.0952. The lowest BCUT2D eigenvalue weighted by atomic mass is 9.98. The Kier molecular flexibility index (Phi) is 13.2. The van der Waals surface area contributed by atoms with Gasteiger partial charge < -0.3 is 41.9 Å². The Labute approximate surface area is 265 Å². The zero-order valence-corrected chi connectivity index (χ0v) is 27.8. The number of benzene rings is 1. The third-order valence-corrected chi connectivity index (χ3v) is 6.86. The Hall–Kier alpha value is -4.29. The smallest absolute Gasteiger partial charge is 0.408 e. The summed E-state index contributed by atoms with van der Waals surface area (Å²) >= 11 is 0. The lowest BCUT2D eigenvalue weighted by molar-refractivity contribution is -0.160. The summed E-state index contributed by atoms with van der Waals surface area (Å²) in [5.41, 5.74) is 11.0. The van der Waals surface area contributed by atoms with Gasteiger partial charge in [0.25, 0.3) is 0 Å². The number of carbonyl (C=O) groups excluding carboxylic acids is 4. The number of rotatable bonds is 14. The number of nitrogens with two attached hydrogens (primary N) is 2. The van der Waals surface area contributed by atoms with Gasteiger partial charge in [0.05, 0.1) is 0 Å². The van der Waals surface area contributed by atoms with Crippen molar-refractivity contribution in [2.45, 2.75) is 110 Å². The van der Waals surface area contributed by atoms with Gasteiger partial charge in [-0.3, -0.25) is 14.6 Å². The molecule has 0 saturated carbocycles. The highest BCUT2D eigenvalue weighted by Crippen LogP contribution is 2.20. The lowest BCUT2D eigenvalue weighted by Crippen LogP contribution is -2.57. The van der Waals surface area contributed by atoms with Crippen molar-refractivity contribution in [2.75, 3.05) is 6.54 Å². The van der Waals surface area contributed by atoms with Crippen molar-refractivity contribution in [1.29, 1.82) is 0 Å². The Balaban J connectivity index is 2.37. The van der Waals surface area contributed by atoms with Gasteiger partial charge in [-0.1, -0.05) is 38.5 Å². The van der Waals surface area contributed by atoms with E-state index in [0.29, 0.717) is 12.8 Å². The zero-order chi connectivity index (χ0) is 33.9. The molecular formula is C32H51N7O6. The molecule has 0 fully saturated rings. The van der Waals surface area contributed by atoms with Crippen LogP contribution in [0.1, 0.15) is 80.2 Å². The molecule has 13 heteroatoms. The fourth-order valence-corrected chi connectivity index (χ4v) is 4.51. The maximum Gasteiger partial charge on any atom is 0.408 e. The van der Waals surface area contributed by atoms with Crippen LogP contribution >= 0.6 is 0 Å². The second-order valence-electron chi connectivity index (χ2n) is 13.2. The summed E-state index contributed by atoms with van der Waals surface area (Å²) in [6.45, 7) is 14.4. The van der Waals surface area contributed by atoms with Gasteiger partial charge >= 0.3 is 12.1 Å². The number of aliphatic imine (C=N–C) groups is 1. The van der Waals surface area contributed by atoms with Crippen LogP contribution in [0.25, 0.3) is 10.9 Å². The molecule has 0 radical (unpaired) electrons. The molecule has 2 aromatic rings. The summed E-state index contributed by atoms with van der Waals surface area (Å²) in [4.78, 5) is 60.6. The molecule has 4 atom stereocenters. The number of hydrogen-bond acceptors (Lipinski definition) is 7. The molecule has 1 heterocycles. The van der Waals surface area contributed by atoms with Gasteiger partial charge in [-0.25, -0.2) is 9.59 Å². The van der Waals surface area contributed by atoms with E-state index in [4.69, 9.17) is 20.9 Å². The first-order valence-corrected chi connectivity index (χ1v) is 15.3. The van der Waals surface area contributed by atoms with Crippen molar-refractivity contribution in [3.8, 4) is 0 Å². The number of guanidine groups is 1. The number of carbonyl (C=O) groups is 4. The first kappa shape index (κ1) is 36.9. The average molecular weight is 630 g/mol. The van der Waals surface area contributed by atoms with Crippen LogP contribution < -0.4 is 27.4 Å². The quantitative estimate of drug-likeness (QED) is 0.0791. The van der Waals surface area contributed by atoms with E-state index in [2.05, 4.69) is 25.9 Å². The predicted molar refractivity (Wildman–Crippen MR) is 174 cm³/mol. The number of hydrogen-bond donors (Lipinski definition) is 6. The van der Waals surface area contributed by atoms with Gasteiger partial charge in [0.2, 0.25) is 11.8 Å². The van der Waals surface area contributed by atoms with Gasteiger partial charge in [-0.2, -0.15) is 0 Å². The maximum absolute atomic E-state index is 13.8. The molecule has 13 nitrogen and oxygen atoms in total. The van der Waals surface area contributed by atoms with Crippen molar-refractivity contribution in [3.63, 3.8) is 0 Å². The van der Waals surface area contributed by atoms with E-state index >= 15 is 0 Å². The number of amides is 3. The highest BCUT2D eigenvalue weighted by Gasteiger charge is 2.34. The van der Waals surface area contributed by atoms with Gasteiger partial charge in [-0.05, 0) is 71.9 Å². The molecular weight excluding hydrogens is 578 g/mol. The van der Waals surface area contributed by atoms with Gasteiger partial charge in [0.1, 0.15) is 29.3 Å². The van der Waals surface area contributed by atoms with Crippen LogP contribution in [0.2, 0.25) is 0 Å². The molecule has 1 aromatic heterocycles. The van der Waals surface area contributed by atoms with Crippen LogP contribution in [0.5, 0.6) is 0 Å². The van der Waals surface area contributed by atoms with Crippen molar-refractivity contribution in [1.82, 2.24) is 20.9 Å². The van der Waals surface area contributed by atoms with Crippen molar-refractivity contribution < 1.29 is 28.7 Å². The molecule has 3 amide bonds. The normalized spacial score (nSPS) is 14.4. The van der Waals surface area contributed by atoms with E-state index in [1.54, 1.807) is 47.7 Å². The topological polar surface area (TPSA) is 203 Å². The van der Waals surface area contributed by atoms with Crippen LogP contribution in [0.3, 0.4) is 0 Å². The number of nitrogens with one attached hydrogen (secondary N) is 4. The second kappa shape index (κ2) is 16.1. The molecule has 45 heavy (non-hydrogen) atoms. The van der Waals surface area contributed by atoms with Crippen LogP contribution in [-0.4, -0.2) is 70.7 Å². The molecule has 8 N–H and O–H groups in total. The Bertz CT molecular complexity index is 1340. The highest BCUT2D eigenvalue weighted by atomic mass is 16.6. The summed E-state index contributed by atoms with van der Waals surface area (Å²) in [5, 5.41) is 9.14. The zero-order valence-electron chi connectivity index (χ0n) is 27.8. The number of alkyl carbamates (subject to hydrolysis) is 1.